The Balaban J connectivity index is 2.00. The lowest BCUT2D eigenvalue weighted by Gasteiger charge is -2.14. The van der Waals surface area contributed by atoms with Gasteiger partial charge in [-0.25, -0.2) is 0 Å². The van der Waals surface area contributed by atoms with Crippen LogP contribution in [0.3, 0.4) is 0 Å². The topological polar surface area (TPSA) is 84.8 Å². The monoisotopic (exact) mass is 329 g/mol. The minimum absolute atomic E-state index is 0.0930. The van der Waals surface area contributed by atoms with E-state index in [-0.39, 0.29) is 6.04 Å². The Morgan fingerprint density at radius 2 is 1.88 bits per heavy atom. The van der Waals surface area contributed by atoms with Gasteiger partial charge in [0, 0.05) is 23.5 Å². The molecule has 3 aromatic rings. The maximum atomic E-state index is 11.3. The molecule has 6 nitrogen and oxygen atoms in total. The number of carbonyl (C=O) groups is 1. The smallest absolute Gasteiger partial charge is 0.307 e. The molecule has 2 atom stereocenters. The Labute approximate surface area is 138 Å². The molecular weight excluding hydrogens is 310 g/mol. The number of rotatable bonds is 3. The van der Waals surface area contributed by atoms with Gasteiger partial charge in [-0.3, -0.25) is 4.79 Å². The molecule has 1 aromatic carbocycles. The fourth-order valence-corrected chi connectivity index (χ4v) is 3.70. The van der Waals surface area contributed by atoms with E-state index in [1.165, 1.54) is 0 Å². The zero-order valence-corrected chi connectivity index (χ0v) is 13.8. The summed E-state index contributed by atoms with van der Waals surface area (Å²) in [6, 6.07) is 3.79. The molecule has 0 aliphatic carbocycles. The summed E-state index contributed by atoms with van der Waals surface area (Å²) >= 11 is 0. The van der Waals surface area contributed by atoms with Crippen molar-refractivity contribution >= 4 is 27.9 Å². The van der Waals surface area contributed by atoms with Crippen LogP contribution in [0.25, 0.3) is 21.9 Å². The average Bonchev–Trinajstić information content (AvgIpc) is 3.21. The summed E-state index contributed by atoms with van der Waals surface area (Å²) in [5, 5.41) is 14.4. The molecule has 1 fully saturated rings. The third-order valence-electron chi connectivity index (χ3n) is 4.73. The number of hydrogen-bond donors (Lipinski definition) is 2. The SMILES string of the molecule is COc1c2cc(C)oc2c(C2CC(C(=O)O)CN2)c2cc(C)oc12. The van der Waals surface area contributed by atoms with Gasteiger partial charge in [-0.15, -0.1) is 0 Å². The third-order valence-corrected chi connectivity index (χ3v) is 4.73. The van der Waals surface area contributed by atoms with Crippen LogP contribution in [0.2, 0.25) is 0 Å². The van der Waals surface area contributed by atoms with Gasteiger partial charge in [-0.05, 0) is 32.4 Å². The molecule has 3 heterocycles. The number of furan rings is 2. The zero-order chi connectivity index (χ0) is 17.0. The summed E-state index contributed by atoms with van der Waals surface area (Å²) in [6.07, 6.45) is 0.524. The molecule has 1 aliphatic heterocycles. The molecule has 2 N–H and O–H groups in total. The van der Waals surface area contributed by atoms with Crippen LogP contribution in [0.4, 0.5) is 0 Å². The number of aliphatic carboxylic acids is 1. The molecule has 2 aromatic heterocycles. The Morgan fingerprint density at radius 1 is 1.21 bits per heavy atom. The largest absolute Gasteiger partial charge is 0.492 e. The van der Waals surface area contributed by atoms with Crippen molar-refractivity contribution in [2.45, 2.75) is 26.3 Å². The second-order valence-corrected chi connectivity index (χ2v) is 6.38. The molecular formula is C18H19NO5. The van der Waals surface area contributed by atoms with Gasteiger partial charge in [0.1, 0.15) is 17.1 Å². The number of aryl methyl sites for hydroxylation is 2. The van der Waals surface area contributed by atoms with E-state index in [9.17, 15) is 9.90 Å². The standard InChI is InChI=1S/C18H19NO5/c1-8-4-11-14(13-6-10(7-19-13)18(20)21)15-12(5-9(2)23-15)16(22-3)17(11)24-8/h4-5,10,13,19H,6-7H2,1-3H3,(H,20,21). The number of carboxylic acid groups (broad SMARTS) is 1. The average molecular weight is 329 g/mol. The highest BCUT2D eigenvalue weighted by Gasteiger charge is 2.34. The molecule has 0 saturated carbocycles. The summed E-state index contributed by atoms with van der Waals surface area (Å²) in [4.78, 5) is 11.3. The normalized spacial score (nSPS) is 21.0. The van der Waals surface area contributed by atoms with Crippen LogP contribution >= 0.6 is 0 Å². The quantitative estimate of drug-likeness (QED) is 0.764. The van der Waals surface area contributed by atoms with Crippen LogP contribution in [0.1, 0.15) is 29.5 Å². The fourth-order valence-electron chi connectivity index (χ4n) is 3.70. The van der Waals surface area contributed by atoms with Crippen LogP contribution in [0.5, 0.6) is 5.75 Å². The molecule has 6 heteroatoms. The number of benzene rings is 1. The summed E-state index contributed by atoms with van der Waals surface area (Å²) < 4.78 is 17.4. The van der Waals surface area contributed by atoms with Crippen LogP contribution in [0.15, 0.2) is 21.0 Å². The Hall–Kier alpha value is -2.47. The van der Waals surface area contributed by atoms with E-state index in [0.29, 0.717) is 24.3 Å². The van der Waals surface area contributed by atoms with Gasteiger partial charge < -0.3 is 24.0 Å². The highest BCUT2D eigenvalue weighted by atomic mass is 16.5. The van der Waals surface area contributed by atoms with Gasteiger partial charge in [0.2, 0.25) is 0 Å². The molecule has 24 heavy (non-hydrogen) atoms. The Kier molecular flexibility index (Phi) is 3.31. The summed E-state index contributed by atoms with van der Waals surface area (Å²) in [7, 11) is 1.61. The molecule has 4 rings (SSSR count). The predicted molar refractivity (Wildman–Crippen MR) is 88.5 cm³/mol. The van der Waals surface area contributed by atoms with Crippen molar-refractivity contribution in [2.24, 2.45) is 5.92 Å². The number of methoxy groups -OCH3 is 1. The van der Waals surface area contributed by atoms with Crippen LogP contribution in [0, 0.1) is 19.8 Å². The van der Waals surface area contributed by atoms with Gasteiger partial charge in [0.15, 0.2) is 11.3 Å². The molecule has 0 amide bonds. The number of hydrogen-bond acceptors (Lipinski definition) is 5. The van der Waals surface area contributed by atoms with Crippen molar-refractivity contribution in [3.05, 3.63) is 29.2 Å². The van der Waals surface area contributed by atoms with Crippen LogP contribution in [-0.2, 0) is 4.79 Å². The van der Waals surface area contributed by atoms with Crippen LogP contribution < -0.4 is 10.1 Å². The van der Waals surface area contributed by atoms with Gasteiger partial charge >= 0.3 is 5.97 Å². The highest BCUT2D eigenvalue weighted by molar-refractivity contribution is 6.05. The third kappa shape index (κ3) is 2.10. The fraction of sp³-hybridized carbons (Fsp3) is 0.389. The molecule has 2 unspecified atom stereocenters. The van der Waals surface area contributed by atoms with Crippen molar-refractivity contribution in [1.82, 2.24) is 5.32 Å². The second kappa shape index (κ2) is 5.27. The van der Waals surface area contributed by atoms with E-state index in [1.807, 2.05) is 26.0 Å². The predicted octanol–water partition coefficient (Wildman–Crippen LogP) is 3.54. The van der Waals surface area contributed by atoms with E-state index in [4.69, 9.17) is 13.6 Å². The van der Waals surface area contributed by atoms with E-state index in [2.05, 4.69) is 5.32 Å². The first kappa shape index (κ1) is 15.1. The summed E-state index contributed by atoms with van der Waals surface area (Å²) in [5.74, 6) is 1.04. The maximum absolute atomic E-state index is 11.3. The number of ether oxygens (including phenoxy) is 1. The second-order valence-electron chi connectivity index (χ2n) is 6.38. The van der Waals surface area contributed by atoms with Gasteiger partial charge in [-0.1, -0.05) is 0 Å². The van der Waals surface area contributed by atoms with Gasteiger partial charge in [0.05, 0.1) is 18.4 Å². The van der Waals surface area contributed by atoms with Crippen molar-refractivity contribution in [1.29, 1.82) is 0 Å². The molecule has 0 bridgehead atoms. The van der Waals surface area contributed by atoms with E-state index in [0.717, 1.165) is 33.4 Å². The zero-order valence-electron chi connectivity index (χ0n) is 13.8. The Morgan fingerprint density at radius 3 is 2.50 bits per heavy atom. The van der Waals surface area contributed by atoms with E-state index >= 15 is 0 Å². The van der Waals surface area contributed by atoms with Crippen molar-refractivity contribution < 1.29 is 23.5 Å². The summed E-state index contributed by atoms with van der Waals surface area (Å²) in [6.45, 7) is 4.22. The minimum Gasteiger partial charge on any atom is -0.492 e. The Bertz CT molecular complexity index is 894. The first-order chi connectivity index (χ1) is 11.5. The number of fused-ring (bicyclic) bond motifs is 2. The molecule has 0 spiro atoms. The lowest BCUT2D eigenvalue weighted by Crippen LogP contribution is -2.17. The number of nitrogens with one attached hydrogen (secondary N) is 1. The number of carboxylic acids is 1. The summed E-state index contributed by atoms with van der Waals surface area (Å²) in [5.41, 5.74) is 2.37. The van der Waals surface area contributed by atoms with Gasteiger partial charge in [-0.2, -0.15) is 0 Å². The lowest BCUT2D eigenvalue weighted by molar-refractivity contribution is -0.141. The highest BCUT2D eigenvalue weighted by Crippen LogP contribution is 2.45. The molecule has 0 radical (unpaired) electrons. The molecule has 1 aliphatic rings. The van der Waals surface area contributed by atoms with Crippen molar-refractivity contribution in [2.75, 3.05) is 13.7 Å². The minimum atomic E-state index is -0.773. The maximum Gasteiger partial charge on any atom is 0.307 e. The lowest BCUT2D eigenvalue weighted by atomic mass is 9.95. The van der Waals surface area contributed by atoms with Crippen molar-refractivity contribution in [3.8, 4) is 5.75 Å². The van der Waals surface area contributed by atoms with E-state index < -0.39 is 11.9 Å². The van der Waals surface area contributed by atoms with E-state index in [1.54, 1.807) is 7.11 Å². The molecule has 126 valence electrons. The van der Waals surface area contributed by atoms with Gasteiger partial charge in [0.25, 0.3) is 0 Å². The first-order valence-corrected chi connectivity index (χ1v) is 7.96. The first-order valence-electron chi connectivity index (χ1n) is 7.96. The van der Waals surface area contributed by atoms with Crippen LogP contribution in [-0.4, -0.2) is 24.7 Å². The van der Waals surface area contributed by atoms with Crippen molar-refractivity contribution in [3.63, 3.8) is 0 Å². The molecule has 1 saturated heterocycles.